The molecule has 0 bridgehead atoms. The molecule has 15 heavy (non-hydrogen) atoms. The Hall–Kier alpha value is -1.56. The van der Waals surface area contributed by atoms with Crippen molar-refractivity contribution in [2.75, 3.05) is 0 Å². The zero-order valence-electron chi connectivity index (χ0n) is 10.0. The van der Waals surface area contributed by atoms with E-state index in [9.17, 15) is 0 Å². The molecule has 0 unspecified atom stereocenters. The summed E-state index contributed by atoms with van der Waals surface area (Å²) in [6.45, 7) is 17.5. The minimum atomic E-state index is 1.12. The first-order chi connectivity index (χ1) is 7.12. The van der Waals surface area contributed by atoms with Crippen LogP contribution in [0.5, 0.6) is 0 Å². The summed E-state index contributed by atoms with van der Waals surface area (Å²) in [6.07, 6.45) is 9.56. The summed E-state index contributed by atoms with van der Waals surface area (Å²) in [5, 5.41) is 0. The van der Waals surface area contributed by atoms with E-state index in [1.54, 1.807) is 6.08 Å². The molecule has 0 spiro atoms. The average molecular weight is 200 g/mol. The molecular formula is C15H20. The third kappa shape index (κ3) is 3.59. The number of rotatable bonds is 5. The van der Waals surface area contributed by atoms with Crippen LogP contribution < -0.4 is 0 Å². The SMILES string of the molecule is C=C/C=C(C(\C=C)=C/C)/C(C)=C(\C)C=C. The van der Waals surface area contributed by atoms with E-state index in [2.05, 4.69) is 33.6 Å². The average Bonchev–Trinajstić information content (AvgIpc) is 2.27. The van der Waals surface area contributed by atoms with Gasteiger partial charge < -0.3 is 0 Å². The van der Waals surface area contributed by atoms with Crippen molar-refractivity contribution in [1.82, 2.24) is 0 Å². The predicted molar refractivity (Wildman–Crippen MR) is 70.8 cm³/mol. The third-order valence-electron chi connectivity index (χ3n) is 2.43. The maximum atomic E-state index is 3.81. The monoisotopic (exact) mass is 200 g/mol. The molecule has 0 saturated heterocycles. The molecule has 0 fully saturated rings. The van der Waals surface area contributed by atoms with Crippen LogP contribution in [-0.2, 0) is 0 Å². The summed E-state index contributed by atoms with van der Waals surface area (Å²) in [7, 11) is 0. The van der Waals surface area contributed by atoms with Crippen molar-refractivity contribution < 1.29 is 0 Å². The van der Waals surface area contributed by atoms with E-state index in [-0.39, 0.29) is 0 Å². The first-order valence-electron chi connectivity index (χ1n) is 5.04. The lowest BCUT2D eigenvalue weighted by molar-refractivity contribution is 1.29. The second-order valence-electron chi connectivity index (χ2n) is 3.28. The third-order valence-corrected chi connectivity index (χ3v) is 2.43. The van der Waals surface area contributed by atoms with Gasteiger partial charge in [-0.2, -0.15) is 0 Å². The Bertz CT molecular complexity index is 346. The topological polar surface area (TPSA) is 0 Å². The number of hydrogen-bond donors (Lipinski definition) is 0. The van der Waals surface area contributed by atoms with Gasteiger partial charge in [-0.1, -0.05) is 50.1 Å². The zero-order chi connectivity index (χ0) is 11.8. The van der Waals surface area contributed by atoms with Gasteiger partial charge >= 0.3 is 0 Å². The molecule has 0 nitrogen and oxygen atoms in total. The molecule has 0 aliphatic rings. The number of allylic oxidation sites excluding steroid dienone is 9. The van der Waals surface area contributed by atoms with Gasteiger partial charge in [0.05, 0.1) is 0 Å². The Morgan fingerprint density at radius 3 is 1.93 bits per heavy atom. The van der Waals surface area contributed by atoms with E-state index in [0.29, 0.717) is 0 Å². The van der Waals surface area contributed by atoms with Gasteiger partial charge in [0, 0.05) is 0 Å². The summed E-state index contributed by atoms with van der Waals surface area (Å²) in [5.41, 5.74) is 4.65. The van der Waals surface area contributed by atoms with Crippen LogP contribution in [0.4, 0.5) is 0 Å². The Morgan fingerprint density at radius 2 is 1.60 bits per heavy atom. The normalized spacial score (nSPS) is 14.3. The van der Waals surface area contributed by atoms with Gasteiger partial charge in [0.1, 0.15) is 0 Å². The van der Waals surface area contributed by atoms with Gasteiger partial charge in [-0.25, -0.2) is 0 Å². The van der Waals surface area contributed by atoms with E-state index in [1.165, 1.54) is 11.1 Å². The fourth-order valence-electron chi connectivity index (χ4n) is 1.30. The highest BCUT2D eigenvalue weighted by atomic mass is 14.1. The molecular weight excluding hydrogens is 180 g/mol. The Balaban J connectivity index is 5.54. The van der Waals surface area contributed by atoms with Gasteiger partial charge in [0.15, 0.2) is 0 Å². The smallest absolute Gasteiger partial charge is 0.0156 e. The van der Waals surface area contributed by atoms with E-state index in [1.807, 2.05) is 31.2 Å². The lowest BCUT2D eigenvalue weighted by Crippen LogP contribution is -1.91. The molecule has 0 N–H and O–H groups in total. The lowest BCUT2D eigenvalue weighted by Gasteiger charge is -2.10. The maximum Gasteiger partial charge on any atom is -0.0156 e. The molecule has 0 aliphatic heterocycles. The zero-order valence-corrected chi connectivity index (χ0v) is 10.0. The summed E-state index contributed by atoms with van der Waals surface area (Å²) in [6, 6.07) is 0. The molecule has 0 rings (SSSR count). The molecule has 0 aliphatic carbocycles. The van der Waals surface area contributed by atoms with Gasteiger partial charge in [-0.05, 0) is 43.1 Å². The van der Waals surface area contributed by atoms with E-state index < -0.39 is 0 Å². The molecule has 0 radical (unpaired) electrons. The van der Waals surface area contributed by atoms with Crippen molar-refractivity contribution in [2.45, 2.75) is 20.8 Å². The van der Waals surface area contributed by atoms with Crippen LogP contribution in [0.1, 0.15) is 20.8 Å². The molecule has 80 valence electrons. The Labute approximate surface area is 93.7 Å². The van der Waals surface area contributed by atoms with Crippen molar-refractivity contribution in [3.8, 4) is 0 Å². The largest absolute Gasteiger partial charge is 0.0990 e. The minimum absolute atomic E-state index is 1.12. The Morgan fingerprint density at radius 1 is 1.00 bits per heavy atom. The second-order valence-corrected chi connectivity index (χ2v) is 3.28. The van der Waals surface area contributed by atoms with Crippen LogP contribution in [0.2, 0.25) is 0 Å². The van der Waals surface area contributed by atoms with Gasteiger partial charge in [-0.15, -0.1) is 0 Å². The highest BCUT2D eigenvalue weighted by molar-refractivity contribution is 5.54. The summed E-state index contributed by atoms with van der Waals surface area (Å²) >= 11 is 0. The molecule has 0 aromatic heterocycles. The molecule has 0 heterocycles. The highest BCUT2D eigenvalue weighted by Crippen LogP contribution is 2.23. The second kappa shape index (κ2) is 6.83. The predicted octanol–water partition coefficient (Wildman–Crippen LogP) is 4.75. The van der Waals surface area contributed by atoms with Crippen molar-refractivity contribution in [2.24, 2.45) is 0 Å². The fourth-order valence-corrected chi connectivity index (χ4v) is 1.30. The summed E-state index contributed by atoms with van der Waals surface area (Å²) in [5.74, 6) is 0. The fraction of sp³-hybridized carbons (Fsp3) is 0.200. The molecule has 0 saturated carbocycles. The standard InChI is InChI=1S/C15H20/c1-7-11-15(14(9-3)10-4)13(6)12(5)8-2/h7-11H,1-3H2,4-6H3/b13-12+,14-10-,15-11-. The summed E-state index contributed by atoms with van der Waals surface area (Å²) in [4.78, 5) is 0. The van der Waals surface area contributed by atoms with Crippen molar-refractivity contribution in [3.05, 3.63) is 72.4 Å². The van der Waals surface area contributed by atoms with Gasteiger partial charge in [-0.3, -0.25) is 0 Å². The first kappa shape index (κ1) is 13.4. The van der Waals surface area contributed by atoms with Crippen LogP contribution in [-0.4, -0.2) is 0 Å². The molecule has 0 atom stereocenters. The summed E-state index contributed by atoms with van der Waals surface area (Å²) < 4.78 is 0. The minimum Gasteiger partial charge on any atom is -0.0990 e. The van der Waals surface area contributed by atoms with Crippen LogP contribution >= 0.6 is 0 Å². The van der Waals surface area contributed by atoms with Crippen LogP contribution in [0.15, 0.2) is 72.4 Å². The van der Waals surface area contributed by atoms with Gasteiger partial charge in [0.2, 0.25) is 0 Å². The first-order valence-corrected chi connectivity index (χ1v) is 5.04. The molecule has 0 aromatic carbocycles. The maximum absolute atomic E-state index is 3.81. The van der Waals surface area contributed by atoms with E-state index in [0.717, 1.165) is 11.1 Å². The molecule has 0 heteroatoms. The molecule has 0 amide bonds. The van der Waals surface area contributed by atoms with E-state index in [4.69, 9.17) is 0 Å². The van der Waals surface area contributed by atoms with Crippen molar-refractivity contribution in [1.29, 1.82) is 0 Å². The number of hydrogen-bond acceptors (Lipinski definition) is 0. The van der Waals surface area contributed by atoms with Crippen molar-refractivity contribution >= 4 is 0 Å². The van der Waals surface area contributed by atoms with Crippen LogP contribution in [0, 0.1) is 0 Å². The van der Waals surface area contributed by atoms with Crippen LogP contribution in [0.25, 0.3) is 0 Å². The Kier molecular flexibility index (Phi) is 6.12. The van der Waals surface area contributed by atoms with Gasteiger partial charge in [0.25, 0.3) is 0 Å². The van der Waals surface area contributed by atoms with Crippen molar-refractivity contribution in [3.63, 3.8) is 0 Å². The van der Waals surface area contributed by atoms with E-state index >= 15 is 0 Å². The lowest BCUT2D eigenvalue weighted by atomic mass is 9.94. The van der Waals surface area contributed by atoms with Crippen LogP contribution in [0.3, 0.4) is 0 Å². The highest BCUT2D eigenvalue weighted by Gasteiger charge is 2.04. The quantitative estimate of drug-likeness (QED) is 0.562. The molecule has 0 aromatic rings.